The Kier molecular flexibility index (Phi) is 6.66. The first-order chi connectivity index (χ1) is 15.2. The van der Waals surface area contributed by atoms with Crippen LogP contribution in [0.25, 0.3) is 5.69 Å². The predicted molar refractivity (Wildman–Crippen MR) is 102 cm³/mol. The van der Waals surface area contributed by atoms with Gasteiger partial charge < -0.3 is 15.1 Å². The number of alkyl halides is 3. The van der Waals surface area contributed by atoms with E-state index in [9.17, 15) is 23.1 Å². The van der Waals surface area contributed by atoms with E-state index in [4.69, 9.17) is 9.90 Å². The van der Waals surface area contributed by atoms with E-state index in [1.807, 2.05) is 18.2 Å². The number of pyridine rings is 1. The van der Waals surface area contributed by atoms with E-state index in [0.29, 0.717) is 12.2 Å². The summed E-state index contributed by atoms with van der Waals surface area (Å²) in [4.78, 5) is 28.0. The Labute approximate surface area is 178 Å². The molecule has 0 bridgehead atoms. The van der Waals surface area contributed by atoms with Crippen molar-refractivity contribution in [1.29, 1.82) is 0 Å². The molecule has 1 saturated heterocycles. The normalized spacial score (nSPS) is 15.7. The minimum atomic E-state index is -5.08. The third-order valence-electron chi connectivity index (χ3n) is 4.61. The number of carboxylic acid groups (broad SMARTS) is 1. The molecule has 0 radical (unpaired) electrons. The fourth-order valence-electron chi connectivity index (χ4n) is 3.17. The number of amides is 1. The average Bonchev–Trinajstić information content (AvgIpc) is 3.46. The molecule has 0 saturated carbocycles. The molecule has 4 rings (SSSR count). The molecule has 32 heavy (non-hydrogen) atoms. The Bertz CT molecular complexity index is 1080. The van der Waals surface area contributed by atoms with Gasteiger partial charge in [0.15, 0.2) is 0 Å². The first-order valence-electron chi connectivity index (χ1n) is 9.27. The molecule has 2 N–H and O–H groups in total. The van der Waals surface area contributed by atoms with Gasteiger partial charge in [-0.1, -0.05) is 6.07 Å². The highest BCUT2D eigenvalue weighted by Crippen LogP contribution is 2.33. The smallest absolute Gasteiger partial charge is 0.490 e. The number of aliphatic carboxylic acids is 1. The van der Waals surface area contributed by atoms with Crippen LogP contribution < -0.4 is 0 Å². The fraction of sp³-hybridized carbons (Fsp3) is 0.263. The molecule has 0 spiro atoms. The molecule has 0 aliphatic carbocycles. The number of hydrogen-bond donors (Lipinski definition) is 2. The summed E-state index contributed by atoms with van der Waals surface area (Å²) in [6.45, 7) is 0.647. The van der Waals surface area contributed by atoms with Gasteiger partial charge in [0, 0.05) is 18.8 Å². The van der Waals surface area contributed by atoms with Crippen LogP contribution in [-0.4, -0.2) is 64.9 Å². The topological polar surface area (TPSA) is 134 Å². The molecule has 1 unspecified atom stereocenters. The van der Waals surface area contributed by atoms with Crippen molar-refractivity contribution in [3.05, 3.63) is 60.2 Å². The SMILES string of the molecule is O=C(O)C(F)(F)F.O=C(c1ccc(-n2cnnn2)cc1O)N1CCCC1c1ccccn1. The predicted octanol–water partition coefficient (Wildman–Crippen LogP) is 2.37. The number of carbonyl (C=O) groups excluding carboxylic acids is 1. The number of carbonyl (C=O) groups is 2. The second-order valence-electron chi connectivity index (χ2n) is 6.67. The molecule has 1 aliphatic rings. The summed E-state index contributed by atoms with van der Waals surface area (Å²) in [5.41, 5.74) is 1.72. The van der Waals surface area contributed by atoms with Gasteiger partial charge in [-0.15, -0.1) is 5.10 Å². The number of phenolic OH excluding ortho intramolecular Hbond substituents is 1. The number of aromatic nitrogens is 5. The zero-order valence-electron chi connectivity index (χ0n) is 16.3. The molecule has 2 aromatic heterocycles. The minimum absolute atomic E-state index is 0.0627. The number of halogens is 3. The van der Waals surface area contributed by atoms with E-state index in [2.05, 4.69) is 20.5 Å². The number of tetrazole rings is 1. The van der Waals surface area contributed by atoms with Crippen molar-refractivity contribution in [1.82, 2.24) is 30.1 Å². The van der Waals surface area contributed by atoms with E-state index >= 15 is 0 Å². The molecule has 168 valence electrons. The molecule has 3 heterocycles. The van der Waals surface area contributed by atoms with E-state index in [0.717, 1.165) is 18.5 Å². The van der Waals surface area contributed by atoms with Crippen LogP contribution in [0, 0.1) is 0 Å². The van der Waals surface area contributed by atoms with E-state index in [1.54, 1.807) is 23.2 Å². The number of aromatic hydroxyl groups is 1. The summed E-state index contributed by atoms with van der Waals surface area (Å²) < 4.78 is 33.2. The highest BCUT2D eigenvalue weighted by molar-refractivity contribution is 5.97. The van der Waals surface area contributed by atoms with E-state index in [-0.39, 0.29) is 23.3 Å². The maximum absolute atomic E-state index is 12.9. The van der Waals surface area contributed by atoms with Gasteiger partial charge >= 0.3 is 12.1 Å². The first-order valence-corrected chi connectivity index (χ1v) is 9.27. The summed E-state index contributed by atoms with van der Waals surface area (Å²) in [5, 5.41) is 28.4. The standard InChI is InChI=1S/C17H16N6O2.C2HF3O2/c24-16-10-12(23-11-19-20-21-23)6-7-13(16)17(25)22-9-3-5-15(22)14-4-1-2-8-18-14;3-2(4,5)1(6)7/h1-2,4,6-8,10-11,15,24H,3,5,9H2;(H,6,7). The maximum Gasteiger partial charge on any atom is 0.490 e. The van der Waals surface area contributed by atoms with Crippen molar-refractivity contribution < 1.29 is 33.0 Å². The summed E-state index contributed by atoms with van der Waals surface area (Å²) in [6.07, 6.45) is -0.148. The molecule has 1 fully saturated rings. The Balaban J connectivity index is 0.000000360. The maximum atomic E-state index is 12.9. The first kappa shape index (κ1) is 22.7. The van der Waals surface area contributed by atoms with Gasteiger partial charge in [-0.3, -0.25) is 9.78 Å². The van der Waals surface area contributed by atoms with Crippen molar-refractivity contribution in [2.75, 3.05) is 6.54 Å². The van der Waals surface area contributed by atoms with E-state index < -0.39 is 12.1 Å². The van der Waals surface area contributed by atoms with Crippen molar-refractivity contribution >= 4 is 11.9 Å². The van der Waals surface area contributed by atoms with Crippen molar-refractivity contribution in [3.8, 4) is 11.4 Å². The van der Waals surface area contributed by atoms with Gasteiger partial charge in [-0.05, 0) is 47.5 Å². The molecule has 13 heteroatoms. The average molecular weight is 450 g/mol. The number of nitrogens with zero attached hydrogens (tertiary/aromatic N) is 6. The number of phenols is 1. The molecule has 10 nitrogen and oxygen atoms in total. The molecular formula is C19H17F3N6O4. The lowest BCUT2D eigenvalue weighted by atomic mass is 10.1. The summed E-state index contributed by atoms with van der Waals surface area (Å²) in [7, 11) is 0. The van der Waals surface area contributed by atoms with Crippen molar-refractivity contribution in [2.45, 2.75) is 25.1 Å². The molecule has 1 atom stereocenters. The summed E-state index contributed by atoms with van der Waals surface area (Å²) in [6, 6.07) is 10.4. The summed E-state index contributed by atoms with van der Waals surface area (Å²) in [5.74, 6) is -3.05. The highest BCUT2D eigenvalue weighted by atomic mass is 19.4. The molecule has 3 aromatic rings. The fourth-order valence-corrected chi connectivity index (χ4v) is 3.17. The van der Waals surface area contributed by atoms with Crippen LogP contribution in [0.4, 0.5) is 13.2 Å². The largest absolute Gasteiger partial charge is 0.507 e. The van der Waals surface area contributed by atoms with Crippen LogP contribution >= 0.6 is 0 Å². The van der Waals surface area contributed by atoms with Gasteiger partial charge in [-0.2, -0.15) is 13.2 Å². The van der Waals surface area contributed by atoms with Crippen LogP contribution in [0.2, 0.25) is 0 Å². The van der Waals surface area contributed by atoms with Crippen LogP contribution in [0.1, 0.15) is 34.9 Å². The van der Waals surface area contributed by atoms with Gasteiger partial charge in [0.2, 0.25) is 0 Å². The van der Waals surface area contributed by atoms with Crippen molar-refractivity contribution in [3.63, 3.8) is 0 Å². The number of rotatable bonds is 3. The van der Waals surface area contributed by atoms with Gasteiger partial charge in [0.05, 0.1) is 23.0 Å². The lowest BCUT2D eigenvalue weighted by Crippen LogP contribution is -2.31. The van der Waals surface area contributed by atoms with Crippen LogP contribution in [-0.2, 0) is 4.79 Å². The van der Waals surface area contributed by atoms with Crippen LogP contribution in [0.15, 0.2) is 48.9 Å². The zero-order chi connectivity index (χ0) is 23.3. The van der Waals surface area contributed by atoms with Crippen LogP contribution in [0.3, 0.4) is 0 Å². The van der Waals surface area contributed by atoms with Gasteiger partial charge in [-0.25, -0.2) is 9.48 Å². The Morgan fingerprint density at radius 3 is 2.47 bits per heavy atom. The third-order valence-corrected chi connectivity index (χ3v) is 4.61. The second kappa shape index (κ2) is 9.41. The van der Waals surface area contributed by atoms with E-state index in [1.165, 1.54) is 17.1 Å². The number of benzene rings is 1. The van der Waals surface area contributed by atoms with Crippen LogP contribution in [0.5, 0.6) is 5.75 Å². The lowest BCUT2D eigenvalue weighted by Gasteiger charge is -2.24. The molecular weight excluding hydrogens is 433 g/mol. The van der Waals surface area contributed by atoms with Gasteiger partial charge in [0.1, 0.15) is 12.1 Å². The van der Waals surface area contributed by atoms with Gasteiger partial charge in [0.25, 0.3) is 5.91 Å². The van der Waals surface area contributed by atoms with Crippen molar-refractivity contribution in [2.24, 2.45) is 0 Å². The summed E-state index contributed by atoms with van der Waals surface area (Å²) >= 11 is 0. The monoisotopic (exact) mass is 450 g/mol. The molecule has 1 aliphatic heterocycles. The molecule has 1 amide bonds. The number of likely N-dealkylation sites (tertiary alicyclic amines) is 1. The molecule has 1 aromatic carbocycles. The Morgan fingerprint density at radius 2 is 1.91 bits per heavy atom. The number of hydrogen-bond acceptors (Lipinski definition) is 7. The quantitative estimate of drug-likeness (QED) is 0.621. The third kappa shape index (κ3) is 5.17. The zero-order valence-corrected chi connectivity index (χ0v) is 16.3. The Morgan fingerprint density at radius 1 is 1.16 bits per heavy atom. The Hall–Kier alpha value is -4.03. The number of carboxylic acids is 1. The minimum Gasteiger partial charge on any atom is -0.507 e. The second-order valence-corrected chi connectivity index (χ2v) is 6.67. The highest BCUT2D eigenvalue weighted by Gasteiger charge is 2.38. The lowest BCUT2D eigenvalue weighted by molar-refractivity contribution is -0.192.